The predicted octanol–water partition coefficient (Wildman–Crippen LogP) is 10.5. The van der Waals surface area contributed by atoms with Crippen molar-refractivity contribution in [2.75, 3.05) is 0 Å². The van der Waals surface area contributed by atoms with Crippen molar-refractivity contribution in [3.05, 3.63) is 164 Å². The molecule has 3 heteroatoms. The molecular weight excluding hydrogens is 534 g/mol. The van der Waals surface area contributed by atoms with Gasteiger partial charge in [-0.05, 0) is 66.1 Å². The lowest BCUT2D eigenvalue weighted by Crippen LogP contribution is -2.04. The number of pyridine rings is 1. The summed E-state index contributed by atoms with van der Waals surface area (Å²) in [7, 11) is 0. The fourth-order valence-electron chi connectivity index (χ4n) is 7.09. The van der Waals surface area contributed by atoms with E-state index in [9.17, 15) is 0 Å². The molecule has 0 saturated heterocycles. The second-order valence-corrected chi connectivity index (χ2v) is 11.6. The maximum atomic E-state index is 4.75. The van der Waals surface area contributed by atoms with Crippen LogP contribution in [0.1, 0.15) is 17.9 Å². The van der Waals surface area contributed by atoms with Gasteiger partial charge in [0.1, 0.15) is 0 Å². The molecule has 3 heterocycles. The molecule has 0 bridgehead atoms. The quantitative estimate of drug-likeness (QED) is 0.209. The van der Waals surface area contributed by atoms with E-state index in [1.54, 1.807) is 0 Å². The van der Waals surface area contributed by atoms with E-state index >= 15 is 0 Å². The van der Waals surface area contributed by atoms with Gasteiger partial charge >= 0.3 is 0 Å². The van der Waals surface area contributed by atoms with Crippen LogP contribution in [0.15, 0.2) is 158 Å². The van der Waals surface area contributed by atoms with Gasteiger partial charge in [-0.3, -0.25) is 4.98 Å². The maximum Gasteiger partial charge on any atom is 0.0541 e. The zero-order chi connectivity index (χ0) is 29.0. The van der Waals surface area contributed by atoms with Crippen molar-refractivity contribution in [1.82, 2.24) is 14.1 Å². The molecule has 208 valence electrons. The first-order chi connectivity index (χ1) is 21.8. The van der Waals surface area contributed by atoms with Crippen LogP contribution in [0.2, 0.25) is 0 Å². The molecule has 0 fully saturated rings. The minimum atomic E-state index is 0.239. The van der Waals surface area contributed by atoms with Crippen LogP contribution >= 0.6 is 0 Å². The molecule has 3 nitrogen and oxygen atoms in total. The van der Waals surface area contributed by atoms with Crippen LogP contribution in [0, 0.1) is 0 Å². The lowest BCUT2D eigenvalue weighted by molar-refractivity contribution is 0.843. The number of hydrogen-bond acceptors (Lipinski definition) is 1. The molecule has 8 aromatic rings. The molecule has 5 aromatic carbocycles. The number of fused-ring (bicyclic) bond motifs is 6. The van der Waals surface area contributed by atoms with Gasteiger partial charge in [-0.1, -0.05) is 97.1 Å². The van der Waals surface area contributed by atoms with Crippen molar-refractivity contribution in [2.24, 2.45) is 0 Å². The lowest BCUT2D eigenvalue weighted by Gasteiger charge is -2.20. The average Bonchev–Trinajstić information content (AvgIpc) is 3.62. The highest BCUT2D eigenvalue weighted by Gasteiger charge is 2.18. The molecule has 9 rings (SSSR count). The molecule has 1 aliphatic carbocycles. The zero-order valence-corrected chi connectivity index (χ0v) is 24.1. The first kappa shape index (κ1) is 24.9. The van der Waals surface area contributed by atoms with E-state index in [1.807, 2.05) is 12.4 Å². The third-order valence-corrected chi connectivity index (χ3v) is 9.09. The van der Waals surface area contributed by atoms with E-state index < -0.39 is 0 Å². The third-order valence-electron chi connectivity index (χ3n) is 9.09. The summed E-state index contributed by atoms with van der Waals surface area (Å²) < 4.78 is 4.78. The fourth-order valence-corrected chi connectivity index (χ4v) is 7.09. The van der Waals surface area contributed by atoms with E-state index in [1.165, 1.54) is 54.9 Å². The minimum Gasteiger partial charge on any atom is -0.310 e. The summed E-state index contributed by atoms with van der Waals surface area (Å²) in [6.45, 7) is 0. The largest absolute Gasteiger partial charge is 0.310 e. The molecule has 3 aromatic heterocycles. The number of rotatable bonds is 4. The number of benzene rings is 5. The van der Waals surface area contributed by atoms with Gasteiger partial charge in [0.25, 0.3) is 0 Å². The Kier molecular flexibility index (Phi) is 5.63. The summed E-state index contributed by atoms with van der Waals surface area (Å²) in [6, 6.07) is 45.9. The summed E-state index contributed by atoms with van der Waals surface area (Å²) in [4.78, 5) is 4.75. The molecule has 0 aliphatic heterocycles. The monoisotopic (exact) mass is 563 g/mol. The number of aromatic nitrogens is 3. The van der Waals surface area contributed by atoms with Gasteiger partial charge < -0.3 is 9.13 Å². The maximum absolute atomic E-state index is 4.75. The predicted molar refractivity (Wildman–Crippen MR) is 184 cm³/mol. The van der Waals surface area contributed by atoms with Crippen molar-refractivity contribution in [1.29, 1.82) is 0 Å². The molecular formula is C41H29N3. The molecule has 0 spiro atoms. The third kappa shape index (κ3) is 3.86. The van der Waals surface area contributed by atoms with Crippen LogP contribution in [-0.4, -0.2) is 14.1 Å². The van der Waals surface area contributed by atoms with Gasteiger partial charge in [-0.15, -0.1) is 0 Å². The van der Waals surface area contributed by atoms with Crippen LogP contribution in [0.3, 0.4) is 0 Å². The normalized spacial score (nSPS) is 15.0. The fraction of sp³-hybridized carbons (Fsp3) is 0.0488. The molecule has 0 amide bonds. The first-order valence-electron chi connectivity index (χ1n) is 15.2. The molecule has 0 N–H and O–H groups in total. The molecule has 0 saturated carbocycles. The standard InChI is InChI=1S/C41H29N3/c1-5-19-38-34(15-1)35-16-2-6-20-39(35)43(38)32-13-9-11-28(24-32)30-23-31(27-42-26-30)29-12-10-14-33(25-29)44-40-21-7-3-17-36(40)37-18-4-8-22-41(37)44/h1-11,13-27,29H,12H2. The summed E-state index contributed by atoms with van der Waals surface area (Å²) >= 11 is 0. The highest BCUT2D eigenvalue weighted by atomic mass is 15.0. The lowest BCUT2D eigenvalue weighted by atomic mass is 9.91. The van der Waals surface area contributed by atoms with Crippen molar-refractivity contribution >= 4 is 49.3 Å². The van der Waals surface area contributed by atoms with Crippen LogP contribution in [0.4, 0.5) is 0 Å². The van der Waals surface area contributed by atoms with Crippen molar-refractivity contribution in [3.63, 3.8) is 0 Å². The molecule has 1 unspecified atom stereocenters. The Morgan fingerprint density at radius 1 is 0.523 bits per heavy atom. The van der Waals surface area contributed by atoms with Crippen LogP contribution in [0.25, 0.3) is 66.1 Å². The topological polar surface area (TPSA) is 22.8 Å². The van der Waals surface area contributed by atoms with Gasteiger partial charge in [-0.25, -0.2) is 0 Å². The zero-order valence-electron chi connectivity index (χ0n) is 24.1. The number of hydrogen-bond donors (Lipinski definition) is 0. The molecule has 1 aliphatic rings. The van der Waals surface area contributed by atoms with Gasteiger partial charge in [0.2, 0.25) is 0 Å². The summed E-state index contributed by atoms with van der Waals surface area (Å²) in [5, 5.41) is 5.11. The van der Waals surface area contributed by atoms with Crippen LogP contribution in [-0.2, 0) is 0 Å². The summed E-state index contributed by atoms with van der Waals surface area (Å²) in [5.74, 6) is 0.239. The van der Waals surface area contributed by atoms with E-state index in [0.717, 1.165) is 23.2 Å². The minimum absolute atomic E-state index is 0.239. The average molecular weight is 564 g/mol. The second-order valence-electron chi connectivity index (χ2n) is 11.6. The SMILES string of the molecule is C1=CC(n2c3ccccc3c3ccccc32)=CC(c2cncc(-c3cccc(-n4c5ccccc5c5ccccc54)c3)c2)C1. The Morgan fingerprint density at radius 2 is 1.09 bits per heavy atom. The summed E-state index contributed by atoms with van der Waals surface area (Å²) in [5.41, 5.74) is 10.8. The Labute approximate surface area is 255 Å². The van der Waals surface area contributed by atoms with E-state index in [4.69, 9.17) is 4.98 Å². The highest BCUT2D eigenvalue weighted by Crippen LogP contribution is 2.37. The smallest absolute Gasteiger partial charge is 0.0541 e. The van der Waals surface area contributed by atoms with Gasteiger partial charge in [-0.2, -0.15) is 0 Å². The Bertz CT molecular complexity index is 2330. The van der Waals surface area contributed by atoms with Crippen molar-refractivity contribution < 1.29 is 0 Å². The van der Waals surface area contributed by atoms with Crippen molar-refractivity contribution in [2.45, 2.75) is 12.3 Å². The van der Waals surface area contributed by atoms with Gasteiger partial charge in [0.05, 0.1) is 22.1 Å². The van der Waals surface area contributed by atoms with Gasteiger partial charge in [0, 0.05) is 56.8 Å². The Balaban J connectivity index is 1.12. The van der Waals surface area contributed by atoms with Crippen LogP contribution < -0.4 is 0 Å². The number of para-hydroxylation sites is 4. The molecule has 0 radical (unpaired) electrons. The molecule has 44 heavy (non-hydrogen) atoms. The van der Waals surface area contributed by atoms with Crippen molar-refractivity contribution in [3.8, 4) is 16.8 Å². The Morgan fingerprint density at radius 3 is 1.70 bits per heavy atom. The number of nitrogens with zero attached hydrogens (tertiary/aromatic N) is 3. The second kappa shape index (κ2) is 9.96. The van der Waals surface area contributed by atoms with E-state index in [2.05, 4.69) is 155 Å². The van der Waals surface area contributed by atoms with Crippen LogP contribution in [0.5, 0.6) is 0 Å². The Hall–Kier alpha value is -5.67. The van der Waals surface area contributed by atoms with Gasteiger partial charge in [0.15, 0.2) is 0 Å². The van der Waals surface area contributed by atoms with E-state index in [0.29, 0.717) is 0 Å². The summed E-state index contributed by atoms with van der Waals surface area (Å²) in [6.07, 6.45) is 12.0. The van der Waals surface area contributed by atoms with E-state index in [-0.39, 0.29) is 5.92 Å². The highest BCUT2D eigenvalue weighted by molar-refractivity contribution is 6.11. The first-order valence-corrected chi connectivity index (χ1v) is 15.2. The number of allylic oxidation sites excluding steroid dienone is 4. The molecule has 1 atom stereocenters.